The van der Waals surface area contributed by atoms with Crippen LogP contribution in [0.1, 0.15) is 35.1 Å². The summed E-state index contributed by atoms with van der Waals surface area (Å²) in [6, 6.07) is 4.93. The Morgan fingerprint density at radius 2 is 1.81 bits per heavy atom. The molecule has 0 amide bonds. The zero-order chi connectivity index (χ0) is 18.9. The van der Waals surface area contributed by atoms with Crippen molar-refractivity contribution in [2.75, 3.05) is 0 Å². The van der Waals surface area contributed by atoms with Gasteiger partial charge >= 0.3 is 18.2 Å². The molecule has 2 rings (SSSR count). The lowest BCUT2D eigenvalue weighted by Gasteiger charge is -2.14. The van der Waals surface area contributed by atoms with E-state index in [-0.39, 0.29) is 18.8 Å². The number of aliphatic carboxylic acids is 1. The van der Waals surface area contributed by atoms with Crippen LogP contribution in [-0.2, 0) is 11.8 Å². The van der Waals surface area contributed by atoms with Gasteiger partial charge in [-0.15, -0.1) is 13.2 Å². The van der Waals surface area contributed by atoms with E-state index in [2.05, 4.69) is 4.74 Å². The van der Waals surface area contributed by atoms with Crippen LogP contribution in [0, 0.1) is 13.8 Å². The van der Waals surface area contributed by atoms with Gasteiger partial charge in [0.15, 0.2) is 5.69 Å². The van der Waals surface area contributed by atoms with E-state index in [1.807, 2.05) is 0 Å². The van der Waals surface area contributed by atoms with Crippen LogP contribution in [-0.4, -0.2) is 27.4 Å². The molecule has 1 aromatic carbocycles. The van der Waals surface area contributed by atoms with E-state index >= 15 is 0 Å². The third-order valence-corrected chi connectivity index (χ3v) is 4.11. The molecule has 1 heterocycles. The van der Waals surface area contributed by atoms with Gasteiger partial charge in [-0.3, -0.25) is 4.79 Å². The van der Waals surface area contributed by atoms with Crippen molar-refractivity contribution in [3.8, 4) is 5.75 Å². The molecule has 2 aromatic rings. The van der Waals surface area contributed by atoms with Crippen molar-refractivity contribution in [2.24, 2.45) is 7.05 Å². The largest absolute Gasteiger partial charge is 1.00 e. The Balaban J connectivity index is 0.00000338. The minimum absolute atomic E-state index is 0. The molecular formula is C16H18ClF3N2O4. The number of alkyl halides is 3. The van der Waals surface area contributed by atoms with Crippen LogP contribution in [0.3, 0.4) is 0 Å². The van der Waals surface area contributed by atoms with Crippen molar-refractivity contribution in [1.82, 2.24) is 4.73 Å². The Labute approximate surface area is 153 Å². The second-order valence-corrected chi connectivity index (χ2v) is 5.67. The van der Waals surface area contributed by atoms with Crippen molar-refractivity contribution in [3.05, 3.63) is 47.0 Å². The minimum atomic E-state index is -4.80. The van der Waals surface area contributed by atoms with E-state index < -0.39 is 24.0 Å². The van der Waals surface area contributed by atoms with Crippen LogP contribution in [0.2, 0.25) is 0 Å². The summed E-state index contributed by atoms with van der Waals surface area (Å²) in [4.78, 5) is 11.3. The van der Waals surface area contributed by atoms with Crippen molar-refractivity contribution in [3.63, 3.8) is 0 Å². The first-order valence-corrected chi connectivity index (χ1v) is 7.36. The Morgan fingerprint density at radius 3 is 2.19 bits per heavy atom. The third-order valence-electron chi connectivity index (χ3n) is 4.11. The molecule has 26 heavy (non-hydrogen) atoms. The van der Waals surface area contributed by atoms with Gasteiger partial charge in [0.25, 0.3) is 0 Å². The molecule has 1 atom stereocenters. The van der Waals surface area contributed by atoms with Gasteiger partial charge in [0.05, 0.1) is 19.4 Å². The Kier molecular flexibility index (Phi) is 6.54. The highest BCUT2D eigenvalue weighted by molar-refractivity contribution is 5.68. The zero-order valence-electron chi connectivity index (χ0n) is 14.2. The maximum atomic E-state index is 12.3. The number of hydrogen-bond acceptors (Lipinski definition) is 3. The van der Waals surface area contributed by atoms with Crippen LogP contribution in [0.5, 0.6) is 5.75 Å². The molecular weight excluding hydrogens is 377 g/mol. The van der Waals surface area contributed by atoms with Gasteiger partial charge in [-0.05, 0) is 22.4 Å². The lowest BCUT2D eigenvalue weighted by atomic mass is 9.94. The predicted molar refractivity (Wildman–Crippen MR) is 79.5 cm³/mol. The van der Waals surface area contributed by atoms with Crippen LogP contribution in [0.15, 0.2) is 24.3 Å². The van der Waals surface area contributed by atoms with Crippen LogP contribution < -0.4 is 21.7 Å². The van der Waals surface area contributed by atoms with E-state index in [1.165, 1.54) is 12.1 Å². The molecule has 0 saturated carbocycles. The Bertz CT molecular complexity index is 763. The number of carboxylic acid groups (broad SMARTS) is 1. The van der Waals surface area contributed by atoms with E-state index in [4.69, 9.17) is 0 Å². The fourth-order valence-electron chi connectivity index (χ4n) is 2.70. The van der Waals surface area contributed by atoms with Gasteiger partial charge in [0, 0.05) is 13.8 Å². The molecule has 0 aliphatic rings. The number of imidazole rings is 1. The van der Waals surface area contributed by atoms with E-state index in [0.717, 1.165) is 22.6 Å². The van der Waals surface area contributed by atoms with Gasteiger partial charge in [0.2, 0.25) is 0 Å². The SMILES string of the molecule is Cc1c(C)[n+](C)c(C(CC(=O)O)c2ccc(OC(F)(F)F)cc2)n1O.[Cl-]. The first-order chi connectivity index (χ1) is 11.5. The van der Waals surface area contributed by atoms with E-state index in [1.54, 1.807) is 25.5 Å². The maximum Gasteiger partial charge on any atom is 0.573 e. The molecule has 0 aliphatic carbocycles. The molecule has 6 nitrogen and oxygen atoms in total. The van der Waals surface area contributed by atoms with Crippen molar-refractivity contribution >= 4 is 5.97 Å². The molecule has 0 radical (unpaired) electrons. The number of ether oxygens (including phenoxy) is 1. The lowest BCUT2D eigenvalue weighted by Crippen LogP contribution is -3.00. The van der Waals surface area contributed by atoms with Crippen LogP contribution in [0.4, 0.5) is 13.2 Å². The number of rotatable bonds is 5. The van der Waals surface area contributed by atoms with Crippen LogP contribution >= 0.6 is 0 Å². The fraction of sp³-hybridized carbons (Fsp3) is 0.375. The van der Waals surface area contributed by atoms with Crippen LogP contribution in [0.25, 0.3) is 0 Å². The number of halogens is 4. The van der Waals surface area contributed by atoms with Gasteiger partial charge in [-0.2, -0.15) is 0 Å². The molecule has 2 N–H and O–H groups in total. The van der Waals surface area contributed by atoms with Crippen molar-refractivity contribution in [2.45, 2.75) is 32.5 Å². The third kappa shape index (κ3) is 4.60. The summed E-state index contributed by atoms with van der Waals surface area (Å²) in [6.45, 7) is 3.45. The molecule has 0 bridgehead atoms. The van der Waals surface area contributed by atoms with Gasteiger partial charge in [-0.1, -0.05) is 12.1 Å². The molecule has 10 heteroatoms. The summed E-state index contributed by atoms with van der Waals surface area (Å²) < 4.78 is 43.1. The summed E-state index contributed by atoms with van der Waals surface area (Å²) in [5, 5.41) is 19.5. The maximum absolute atomic E-state index is 12.3. The van der Waals surface area contributed by atoms with Crippen molar-refractivity contribution < 1.29 is 50.0 Å². The highest BCUT2D eigenvalue weighted by atomic mass is 35.5. The first kappa shape index (κ1) is 21.6. The summed E-state index contributed by atoms with van der Waals surface area (Å²) in [6.07, 6.45) is -5.14. The average molecular weight is 395 g/mol. The van der Waals surface area contributed by atoms with E-state index in [9.17, 15) is 28.3 Å². The van der Waals surface area contributed by atoms with Gasteiger partial charge in [0.1, 0.15) is 11.4 Å². The standard InChI is InChI=1S/C16H17F3N2O4.ClH/c1-9-10(2)21(24)15(20(9)3)13(8-14(22)23)11-4-6-12(7-5-11)25-16(17,18)19;/h4-7,13H,8H2,1-3H3,(H-,22,23,24);1H. The Morgan fingerprint density at radius 1 is 1.27 bits per heavy atom. The molecule has 144 valence electrons. The number of carbonyl (C=O) groups is 1. The number of benzene rings is 1. The topological polar surface area (TPSA) is 75.6 Å². The van der Waals surface area contributed by atoms with Gasteiger partial charge in [-0.25, -0.2) is 4.57 Å². The molecule has 0 aliphatic heterocycles. The van der Waals surface area contributed by atoms with Gasteiger partial charge < -0.3 is 27.5 Å². The lowest BCUT2D eigenvalue weighted by molar-refractivity contribution is -0.686. The highest BCUT2D eigenvalue weighted by Gasteiger charge is 2.35. The molecule has 0 fully saturated rings. The second-order valence-electron chi connectivity index (χ2n) is 5.67. The summed E-state index contributed by atoms with van der Waals surface area (Å²) in [7, 11) is 1.68. The number of nitrogens with zero attached hydrogens (tertiary/aromatic N) is 2. The number of aromatic nitrogens is 2. The second kappa shape index (κ2) is 7.86. The molecule has 1 unspecified atom stereocenters. The monoisotopic (exact) mass is 394 g/mol. The summed E-state index contributed by atoms with van der Waals surface area (Å²) in [5.74, 6) is -1.93. The normalized spacial score (nSPS) is 12.4. The zero-order valence-corrected chi connectivity index (χ0v) is 15.0. The number of carboxylic acids is 1. The fourth-order valence-corrected chi connectivity index (χ4v) is 2.70. The minimum Gasteiger partial charge on any atom is -1.00 e. The first-order valence-electron chi connectivity index (χ1n) is 7.36. The highest BCUT2D eigenvalue weighted by Crippen LogP contribution is 2.30. The summed E-state index contributed by atoms with van der Waals surface area (Å²) >= 11 is 0. The molecule has 0 spiro atoms. The number of hydrogen-bond donors (Lipinski definition) is 2. The summed E-state index contributed by atoms with van der Waals surface area (Å²) in [5.41, 5.74) is 1.73. The average Bonchev–Trinajstić information content (AvgIpc) is 2.68. The smallest absolute Gasteiger partial charge is 0.573 e. The molecule has 0 saturated heterocycles. The predicted octanol–water partition coefficient (Wildman–Crippen LogP) is -0.324. The molecule has 1 aromatic heterocycles. The van der Waals surface area contributed by atoms with Crippen molar-refractivity contribution in [1.29, 1.82) is 0 Å². The van der Waals surface area contributed by atoms with E-state index in [0.29, 0.717) is 17.1 Å². The quantitative estimate of drug-likeness (QED) is 0.538. The Hall–Kier alpha value is -2.42.